The normalized spacial score (nSPS) is 14.5. The number of hydrogen-bond donors (Lipinski definition) is 1. The Bertz CT molecular complexity index is 1330. The highest BCUT2D eigenvalue weighted by Crippen LogP contribution is 2.38. The van der Waals surface area contributed by atoms with E-state index < -0.39 is 11.7 Å². The number of halogens is 2. The number of amides is 2. The molecule has 4 rings (SSSR count). The van der Waals surface area contributed by atoms with Crippen molar-refractivity contribution in [3.63, 3.8) is 0 Å². The summed E-state index contributed by atoms with van der Waals surface area (Å²) in [5, 5.41) is 3.23. The minimum Gasteiger partial charge on any atom is -0.493 e. The molecule has 0 unspecified atom stereocenters. The molecule has 1 aliphatic heterocycles. The third kappa shape index (κ3) is 5.90. The fraction of sp³-hybridized carbons (Fsp3) is 0.115. The van der Waals surface area contributed by atoms with Gasteiger partial charge in [0.25, 0.3) is 11.8 Å². The quantitative estimate of drug-likeness (QED) is 0.267. The molecule has 3 aromatic carbocycles. The smallest absolute Gasteiger partial charge is 0.270 e. The highest BCUT2D eigenvalue weighted by Gasteiger charge is 2.33. The molecule has 35 heavy (non-hydrogen) atoms. The zero-order valence-corrected chi connectivity index (χ0v) is 21.0. The molecule has 3 aromatic rings. The van der Waals surface area contributed by atoms with Crippen molar-refractivity contribution in [2.45, 2.75) is 13.3 Å². The van der Waals surface area contributed by atoms with Gasteiger partial charge in [-0.1, -0.05) is 48.6 Å². The first kappa shape index (κ1) is 24.9. The highest BCUT2D eigenvalue weighted by molar-refractivity contribution is 8.27. The second kappa shape index (κ2) is 11.0. The van der Waals surface area contributed by atoms with Gasteiger partial charge in [-0.15, -0.1) is 0 Å². The van der Waals surface area contributed by atoms with Gasteiger partial charge < -0.3 is 10.1 Å². The second-order valence-corrected chi connectivity index (χ2v) is 9.67. The lowest BCUT2D eigenvalue weighted by Crippen LogP contribution is -2.27. The zero-order chi connectivity index (χ0) is 24.9. The third-order valence-corrected chi connectivity index (χ3v) is 6.52. The van der Waals surface area contributed by atoms with Crippen LogP contribution in [0.1, 0.15) is 29.3 Å². The van der Waals surface area contributed by atoms with Crippen LogP contribution in [-0.4, -0.2) is 22.7 Å². The van der Waals surface area contributed by atoms with Crippen LogP contribution in [0.2, 0.25) is 5.02 Å². The van der Waals surface area contributed by atoms with E-state index in [2.05, 4.69) is 5.32 Å². The summed E-state index contributed by atoms with van der Waals surface area (Å²) in [7, 11) is 0. The maximum atomic E-state index is 13.3. The second-order valence-electron chi connectivity index (χ2n) is 7.56. The largest absolute Gasteiger partial charge is 0.493 e. The van der Waals surface area contributed by atoms with Gasteiger partial charge in [0.15, 0.2) is 4.32 Å². The summed E-state index contributed by atoms with van der Waals surface area (Å²) in [6, 6.07) is 17.3. The summed E-state index contributed by atoms with van der Waals surface area (Å²) in [6.07, 6.45) is 2.55. The fourth-order valence-electron chi connectivity index (χ4n) is 3.33. The highest BCUT2D eigenvalue weighted by atomic mass is 35.5. The van der Waals surface area contributed by atoms with Gasteiger partial charge in [0, 0.05) is 21.8 Å². The van der Waals surface area contributed by atoms with Crippen LogP contribution in [0, 0.1) is 5.82 Å². The lowest BCUT2D eigenvalue weighted by Gasteiger charge is -2.15. The molecule has 1 fully saturated rings. The molecule has 1 N–H and O–H groups in total. The molecule has 1 heterocycles. The van der Waals surface area contributed by atoms with E-state index in [4.69, 9.17) is 28.6 Å². The molecule has 5 nitrogen and oxygen atoms in total. The number of hydrogen-bond acceptors (Lipinski definition) is 5. The number of ether oxygens (including phenoxy) is 1. The van der Waals surface area contributed by atoms with E-state index in [-0.39, 0.29) is 5.91 Å². The molecule has 0 radical (unpaired) electrons. The van der Waals surface area contributed by atoms with Crippen LogP contribution in [0.5, 0.6) is 5.75 Å². The molecular formula is C26H20ClFN2O3S2. The van der Waals surface area contributed by atoms with Gasteiger partial charge in [0.2, 0.25) is 0 Å². The Kier molecular flexibility index (Phi) is 7.85. The van der Waals surface area contributed by atoms with Gasteiger partial charge in [-0.2, -0.15) is 0 Å². The SMILES string of the molecule is CCCOc1ccc(Cl)cc1/C=C1/SC(=S)N(c2cccc(C(=O)Nc3ccc(F)cc3)c2)C1=O. The van der Waals surface area contributed by atoms with E-state index in [1.54, 1.807) is 48.5 Å². The lowest BCUT2D eigenvalue weighted by molar-refractivity contribution is -0.113. The Morgan fingerprint density at radius 1 is 1.17 bits per heavy atom. The molecule has 2 amide bonds. The van der Waals surface area contributed by atoms with Gasteiger partial charge in [-0.25, -0.2) is 4.39 Å². The molecule has 0 saturated carbocycles. The Hall–Kier alpha value is -3.20. The van der Waals surface area contributed by atoms with Crippen LogP contribution >= 0.6 is 35.6 Å². The van der Waals surface area contributed by atoms with Gasteiger partial charge in [-0.3, -0.25) is 14.5 Å². The Balaban J connectivity index is 1.58. The number of nitrogens with one attached hydrogen (secondary N) is 1. The van der Waals surface area contributed by atoms with Crippen LogP contribution in [-0.2, 0) is 4.79 Å². The summed E-state index contributed by atoms with van der Waals surface area (Å²) in [5.41, 5.74) is 1.93. The van der Waals surface area contributed by atoms with Crippen molar-refractivity contribution >= 4 is 69.2 Å². The molecular weight excluding hydrogens is 507 g/mol. The van der Waals surface area contributed by atoms with E-state index in [9.17, 15) is 14.0 Å². The number of benzene rings is 3. The topological polar surface area (TPSA) is 58.6 Å². The van der Waals surface area contributed by atoms with E-state index in [1.165, 1.54) is 29.2 Å². The lowest BCUT2D eigenvalue weighted by atomic mass is 10.1. The van der Waals surface area contributed by atoms with Crippen molar-refractivity contribution in [1.29, 1.82) is 0 Å². The van der Waals surface area contributed by atoms with Crippen molar-refractivity contribution in [2.24, 2.45) is 0 Å². The van der Waals surface area contributed by atoms with Gasteiger partial charge in [0.1, 0.15) is 11.6 Å². The summed E-state index contributed by atoms with van der Waals surface area (Å²) in [4.78, 5) is 27.8. The molecule has 0 bridgehead atoms. The number of thiocarbonyl (C=S) groups is 1. The first-order chi connectivity index (χ1) is 16.9. The first-order valence-electron chi connectivity index (χ1n) is 10.7. The standard InChI is InChI=1S/C26H20ClFN2O3S2/c1-2-12-33-22-11-6-18(27)13-17(22)15-23-25(32)30(26(34)35-23)21-5-3-4-16(14-21)24(31)29-20-9-7-19(28)8-10-20/h3-11,13-15H,2,12H2,1H3,(H,29,31)/b23-15+. The number of thioether (sulfide) groups is 1. The number of anilines is 2. The van der Waals surface area contributed by atoms with Crippen molar-refractivity contribution in [3.8, 4) is 5.75 Å². The maximum Gasteiger partial charge on any atom is 0.270 e. The molecule has 0 atom stereocenters. The van der Waals surface area contributed by atoms with Crippen LogP contribution in [0.3, 0.4) is 0 Å². The van der Waals surface area contributed by atoms with Crippen molar-refractivity contribution in [3.05, 3.63) is 93.6 Å². The Morgan fingerprint density at radius 3 is 2.69 bits per heavy atom. The maximum absolute atomic E-state index is 13.3. The van der Waals surface area contributed by atoms with E-state index >= 15 is 0 Å². The summed E-state index contributed by atoms with van der Waals surface area (Å²) in [6.45, 7) is 2.55. The summed E-state index contributed by atoms with van der Waals surface area (Å²) < 4.78 is 19.3. The van der Waals surface area contributed by atoms with E-state index in [0.717, 1.165) is 18.2 Å². The molecule has 178 valence electrons. The number of carbonyl (C=O) groups excluding carboxylic acids is 2. The molecule has 1 aliphatic rings. The minimum absolute atomic E-state index is 0.308. The van der Waals surface area contributed by atoms with Crippen LogP contribution < -0.4 is 15.0 Å². The molecule has 1 saturated heterocycles. The average molecular weight is 527 g/mol. The average Bonchev–Trinajstić information content (AvgIpc) is 3.12. The summed E-state index contributed by atoms with van der Waals surface area (Å²) >= 11 is 12.8. The van der Waals surface area contributed by atoms with Crippen molar-refractivity contribution in [2.75, 3.05) is 16.8 Å². The number of rotatable bonds is 7. The minimum atomic E-state index is -0.394. The zero-order valence-electron chi connectivity index (χ0n) is 18.6. The molecule has 0 aromatic heterocycles. The van der Waals surface area contributed by atoms with Crippen LogP contribution in [0.25, 0.3) is 6.08 Å². The van der Waals surface area contributed by atoms with E-state index in [1.807, 2.05) is 6.92 Å². The Morgan fingerprint density at radius 2 is 1.94 bits per heavy atom. The monoisotopic (exact) mass is 526 g/mol. The fourth-order valence-corrected chi connectivity index (χ4v) is 4.80. The number of nitrogens with zero attached hydrogens (tertiary/aromatic N) is 1. The van der Waals surface area contributed by atoms with Gasteiger partial charge in [-0.05, 0) is 73.2 Å². The van der Waals surface area contributed by atoms with Crippen LogP contribution in [0.4, 0.5) is 15.8 Å². The number of carbonyl (C=O) groups is 2. The summed E-state index contributed by atoms with van der Waals surface area (Å²) in [5.74, 6) is -0.469. The van der Waals surface area contributed by atoms with Gasteiger partial charge in [0.05, 0.1) is 17.2 Å². The molecule has 9 heteroatoms. The Labute approximate surface area is 216 Å². The van der Waals surface area contributed by atoms with Crippen molar-refractivity contribution in [1.82, 2.24) is 0 Å². The predicted molar refractivity (Wildman–Crippen MR) is 144 cm³/mol. The predicted octanol–water partition coefficient (Wildman–Crippen LogP) is 6.93. The third-order valence-electron chi connectivity index (χ3n) is 4.98. The van der Waals surface area contributed by atoms with Gasteiger partial charge >= 0.3 is 0 Å². The molecule has 0 aliphatic carbocycles. The molecule has 0 spiro atoms. The van der Waals surface area contributed by atoms with E-state index in [0.29, 0.717) is 49.1 Å². The van der Waals surface area contributed by atoms with Crippen molar-refractivity contribution < 1.29 is 18.7 Å². The first-order valence-corrected chi connectivity index (χ1v) is 12.3. The van der Waals surface area contributed by atoms with Crippen LogP contribution in [0.15, 0.2) is 71.6 Å².